The summed E-state index contributed by atoms with van der Waals surface area (Å²) in [5.41, 5.74) is 6.02. The smallest absolute Gasteiger partial charge is 0.244 e. The average Bonchev–Trinajstić information content (AvgIpc) is 3.70. The lowest BCUT2D eigenvalue weighted by molar-refractivity contribution is -0.116. The number of fused-ring (bicyclic) bond motifs is 1. The number of hydrogen-bond donors (Lipinski definition) is 1. The first-order valence-electron chi connectivity index (χ1n) is 12.2. The van der Waals surface area contributed by atoms with Gasteiger partial charge in [0.25, 0.3) is 0 Å². The lowest BCUT2D eigenvalue weighted by Crippen LogP contribution is -2.28. The lowest BCUT2D eigenvalue weighted by atomic mass is 9.92. The van der Waals surface area contributed by atoms with Crippen LogP contribution in [0.5, 0.6) is 0 Å². The van der Waals surface area contributed by atoms with Crippen molar-refractivity contribution in [3.8, 4) is 22.3 Å². The van der Waals surface area contributed by atoms with Crippen LogP contribution >= 0.6 is 0 Å². The summed E-state index contributed by atoms with van der Waals surface area (Å²) in [5, 5.41) is 3.83. The van der Waals surface area contributed by atoms with E-state index in [1.807, 2.05) is 48.5 Å². The number of nitrogens with zero attached hydrogens (tertiary/aromatic N) is 2. The SMILES string of the molecule is CC(C)(c1cc(-c2cccc(-c3cncc(C=CC(=O)NC4CC4)c3)c2)c2ncccc2c1)S(C)(=O)=O. The third-order valence-electron chi connectivity index (χ3n) is 6.94. The van der Waals surface area contributed by atoms with Gasteiger partial charge in [0.05, 0.1) is 10.3 Å². The molecule has 0 bridgehead atoms. The standard InChI is InChI=1S/C30H29N3O3S/c1-30(2,37(3,35)36)25-16-23-8-5-13-32-29(23)27(17-25)22-7-4-6-21(15-22)24-14-20(18-31-19-24)9-12-28(34)33-26-10-11-26/h4-9,12-19,26H,10-11H2,1-3H3,(H,33,34). The fourth-order valence-electron chi connectivity index (χ4n) is 4.20. The second kappa shape index (κ2) is 9.56. The minimum Gasteiger partial charge on any atom is -0.350 e. The topological polar surface area (TPSA) is 89.0 Å². The van der Waals surface area contributed by atoms with Gasteiger partial charge >= 0.3 is 0 Å². The van der Waals surface area contributed by atoms with Crippen molar-refractivity contribution < 1.29 is 13.2 Å². The van der Waals surface area contributed by atoms with E-state index in [-0.39, 0.29) is 5.91 Å². The highest BCUT2D eigenvalue weighted by molar-refractivity contribution is 7.91. The number of rotatable bonds is 7. The van der Waals surface area contributed by atoms with Crippen molar-refractivity contribution in [1.29, 1.82) is 0 Å². The molecule has 1 amide bonds. The van der Waals surface area contributed by atoms with E-state index in [0.717, 1.165) is 51.6 Å². The van der Waals surface area contributed by atoms with Gasteiger partial charge in [-0.25, -0.2) is 8.42 Å². The van der Waals surface area contributed by atoms with E-state index in [0.29, 0.717) is 11.6 Å². The van der Waals surface area contributed by atoms with Crippen LogP contribution in [0.25, 0.3) is 39.2 Å². The van der Waals surface area contributed by atoms with Crippen LogP contribution in [0.15, 0.2) is 79.3 Å². The van der Waals surface area contributed by atoms with E-state index < -0.39 is 14.6 Å². The van der Waals surface area contributed by atoms with Gasteiger partial charge in [-0.05, 0) is 85.4 Å². The van der Waals surface area contributed by atoms with E-state index in [1.165, 1.54) is 6.26 Å². The molecule has 188 valence electrons. The second-order valence-corrected chi connectivity index (χ2v) is 12.7. The van der Waals surface area contributed by atoms with Crippen molar-refractivity contribution in [3.05, 3.63) is 90.4 Å². The number of carbonyl (C=O) groups is 1. The van der Waals surface area contributed by atoms with Crippen LogP contribution in [0.1, 0.15) is 37.8 Å². The molecule has 0 atom stereocenters. The molecule has 1 aliphatic carbocycles. The Morgan fingerprint density at radius 2 is 1.78 bits per heavy atom. The van der Waals surface area contributed by atoms with Gasteiger partial charge in [-0.15, -0.1) is 0 Å². The number of benzene rings is 2. The first kappa shape index (κ1) is 24.8. The minimum atomic E-state index is -3.36. The Hall–Kier alpha value is -3.84. The zero-order chi connectivity index (χ0) is 26.2. The maximum atomic E-state index is 12.6. The Bertz CT molecular complexity index is 1640. The van der Waals surface area contributed by atoms with Gasteiger partial charge in [0.1, 0.15) is 0 Å². The predicted molar refractivity (Wildman–Crippen MR) is 148 cm³/mol. The molecule has 4 aromatic rings. The third kappa shape index (κ3) is 5.32. The van der Waals surface area contributed by atoms with Gasteiger partial charge in [-0.2, -0.15) is 0 Å². The number of aromatic nitrogens is 2. The summed E-state index contributed by atoms with van der Waals surface area (Å²) in [4.78, 5) is 21.0. The first-order chi connectivity index (χ1) is 17.6. The summed E-state index contributed by atoms with van der Waals surface area (Å²) in [6.07, 6.45) is 11.9. The van der Waals surface area contributed by atoms with Crippen LogP contribution in [0.2, 0.25) is 0 Å². The van der Waals surface area contributed by atoms with Crippen molar-refractivity contribution in [1.82, 2.24) is 15.3 Å². The predicted octanol–water partition coefficient (Wildman–Crippen LogP) is 5.54. The molecular formula is C30H29N3O3S. The summed E-state index contributed by atoms with van der Waals surface area (Å²) in [6, 6.07) is 18.0. The highest BCUT2D eigenvalue weighted by Gasteiger charge is 2.33. The van der Waals surface area contributed by atoms with Gasteiger partial charge in [0.15, 0.2) is 9.84 Å². The molecular weight excluding hydrogens is 482 g/mol. The Morgan fingerprint density at radius 1 is 1.00 bits per heavy atom. The van der Waals surface area contributed by atoms with E-state index in [1.54, 1.807) is 44.6 Å². The summed E-state index contributed by atoms with van der Waals surface area (Å²) >= 11 is 0. The molecule has 0 saturated heterocycles. The van der Waals surface area contributed by atoms with Crippen LogP contribution in [0.4, 0.5) is 0 Å². The molecule has 2 aromatic heterocycles. The molecule has 6 nitrogen and oxygen atoms in total. The molecule has 5 rings (SSSR count). The van der Waals surface area contributed by atoms with Crippen LogP contribution in [0.3, 0.4) is 0 Å². The van der Waals surface area contributed by atoms with E-state index in [4.69, 9.17) is 0 Å². The molecule has 37 heavy (non-hydrogen) atoms. The first-order valence-corrected chi connectivity index (χ1v) is 14.1. The average molecular weight is 512 g/mol. The highest BCUT2D eigenvalue weighted by Crippen LogP contribution is 2.37. The largest absolute Gasteiger partial charge is 0.350 e. The number of pyridine rings is 2. The third-order valence-corrected chi connectivity index (χ3v) is 9.03. The molecule has 0 spiro atoms. The Morgan fingerprint density at radius 3 is 2.54 bits per heavy atom. The number of nitrogens with one attached hydrogen (secondary N) is 1. The molecule has 7 heteroatoms. The Balaban J connectivity index is 1.54. The number of sulfone groups is 1. The van der Waals surface area contributed by atoms with Gasteiger partial charge in [-0.3, -0.25) is 14.8 Å². The minimum absolute atomic E-state index is 0.0915. The van der Waals surface area contributed by atoms with Crippen LogP contribution in [0, 0.1) is 0 Å². The normalized spacial score (nSPS) is 14.2. The van der Waals surface area contributed by atoms with Crippen LogP contribution in [-0.4, -0.2) is 36.6 Å². The molecule has 0 unspecified atom stereocenters. The fourth-order valence-corrected chi connectivity index (χ4v) is 4.74. The molecule has 1 saturated carbocycles. The Kier molecular flexibility index (Phi) is 6.42. The summed E-state index contributed by atoms with van der Waals surface area (Å²) in [5.74, 6) is -0.0915. The lowest BCUT2D eigenvalue weighted by Gasteiger charge is -2.24. The number of carbonyl (C=O) groups excluding carboxylic acids is 1. The molecule has 1 N–H and O–H groups in total. The quantitative estimate of drug-likeness (QED) is 0.329. The van der Waals surface area contributed by atoms with Crippen molar-refractivity contribution in [2.24, 2.45) is 0 Å². The van der Waals surface area contributed by atoms with E-state index in [9.17, 15) is 13.2 Å². The number of hydrogen-bond acceptors (Lipinski definition) is 5. The molecule has 0 aliphatic heterocycles. The van der Waals surface area contributed by atoms with Crippen LogP contribution < -0.4 is 5.32 Å². The van der Waals surface area contributed by atoms with E-state index >= 15 is 0 Å². The molecule has 1 aliphatic rings. The van der Waals surface area contributed by atoms with Crippen molar-refractivity contribution in [2.45, 2.75) is 37.5 Å². The zero-order valence-electron chi connectivity index (χ0n) is 21.1. The van der Waals surface area contributed by atoms with Gasteiger partial charge in [0, 0.05) is 53.5 Å². The van der Waals surface area contributed by atoms with Crippen molar-refractivity contribution >= 4 is 32.7 Å². The molecule has 1 fully saturated rings. The Labute approximate surface area is 217 Å². The summed E-state index contributed by atoms with van der Waals surface area (Å²) in [6.45, 7) is 3.46. The van der Waals surface area contributed by atoms with Gasteiger partial charge < -0.3 is 5.32 Å². The molecule has 2 aromatic carbocycles. The zero-order valence-corrected chi connectivity index (χ0v) is 21.9. The summed E-state index contributed by atoms with van der Waals surface area (Å²) in [7, 11) is -3.36. The maximum Gasteiger partial charge on any atom is 0.244 e. The van der Waals surface area contributed by atoms with Crippen molar-refractivity contribution in [3.63, 3.8) is 0 Å². The number of amides is 1. The monoisotopic (exact) mass is 511 g/mol. The van der Waals surface area contributed by atoms with Gasteiger partial charge in [-0.1, -0.05) is 24.3 Å². The highest BCUT2D eigenvalue weighted by atomic mass is 32.2. The second-order valence-electron chi connectivity index (χ2n) is 10.1. The van der Waals surface area contributed by atoms with E-state index in [2.05, 4.69) is 21.4 Å². The molecule has 0 radical (unpaired) electrons. The fraction of sp³-hybridized carbons (Fsp3) is 0.233. The van der Waals surface area contributed by atoms with Crippen molar-refractivity contribution in [2.75, 3.05) is 6.26 Å². The van der Waals surface area contributed by atoms with Gasteiger partial charge in [0.2, 0.25) is 5.91 Å². The van der Waals surface area contributed by atoms with Crippen LogP contribution in [-0.2, 0) is 19.4 Å². The maximum absolute atomic E-state index is 12.6. The molecule has 2 heterocycles. The summed E-state index contributed by atoms with van der Waals surface area (Å²) < 4.78 is 24.2.